The van der Waals surface area contributed by atoms with E-state index in [1.807, 2.05) is 6.07 Å². The van der Waals surface area contributed by atoms with E-state index in [0.29, 0.717) is 11.8 Å². The Morgan fingerprint density at radius 1 is 1.33 bits per heavy atom. The molecule has 0 saturated carbocycles. The van der Waals surface area contributed by atoms with Crippen LogP contribution >= 0.6 is 22.6 Å². The second-order valence-corrected chi connectivity index (χ2v) is 5.29. The molecule has 0 unspecified atom stereocenters. The van der Waals surface area contributed by atoms with E-state index in [4.69, 9.17) is 5.11 Å². The molecule has 0 aliphatic carbocycles. The van der Waals surface area contributed by atoms with E-state index in [1.165, 1.54) is 0 Å². The van der Waals surface area contributed by atoms with Crippen molar-refractivity contribution in [3.05, 3.63) is 61.5 Å². The molecule has 0 heterocycles. The quantitative estimate of drug-likeness (QED) is 0.462. The Hall–Kier alpha value is -2.23. The van der Waals surface area contributed by atoms with Gasteiger partial charge in [-0.25, -0.2) is 9.18 Å². The topological polar surface area (TPSA) is 92.5 Å². The number of anilines is 2. The smallest absolute Gasteiger partial charge is 0.338 e. The van der Waals surface area contributed by atoms with E-state index in [9.17, 15) is 19.3 Å². The van der Waals surface area contributed by atoms with Crippen molar-refractivity contribution in [3.63, 3.8) is 0 Å². The van der Waals surface area contributed by atoms with Crippen LogP contribution < -0.4 is 5.32 Å². The maximum atomic E-state index is 13.7. The lowest BCUT2D eigenvalue weighted by Crippen LogP contribution is -2.05. The molecule has 0 spiro atoms. The summed E-state index contributed by atoms with van der Waals surface area (Å²) < 4.78 is 14.6. The summed E-state index contributed by atoms with van der Waals surface area (Å²) >= 11 is 2.07. The van der Waals surface area contributed by atoms with Crippen LogP contribution in [0.4, 0.5) is 21.5 Å². The molecule has 0 amide bonds. The molecule has 0 radical (unpaired) electrons. The molecule has 2 aromatic rings. The number of nitro benzene ring substituents is 1. The van der Waals surface area contributed by atoms with Crippen molar-refractivity contribution in [2.75, 3.05) is 5.32 Å². The Morgan fingerprint density at radius 2 is 2.05 bits per heavy atom. The molecular formula is C13H8FIN2O4. The maximum Gasteiger partial charge on any atom is 0.338 e. The van der Waals surface area contributed by atoms with Gasteiger partial charge in [0.1, 0.15) is 17.1 Å². The van der Waals surface area contributed by atoms with Crippen molar-refractivity contribution < 1.29 is 19.2 Å². The highest BCUT2D eigenvalue weighted by Crippen LogP contribution is 2.30. The van der Waals surface area contributed by atoms with Gasteiger partial charge in [-0.1, -0.05) is 6.07 Å². The Morgan fingerprint density at radius 3 is 2.62 bits per heavy atom. The van der Waals surface area contributed by atoms with Crippen molar-refractivity contribution in [2.45, 2.75) is 0 Å². The molecule has 21 heavy (non-hydrogen) atoms. The van der Waals surface area contributed by atoms with Gasteiger partial charge in [-0.3, -0.25) is 10.1 Å². The molecule has 0 saturated heterocycles. The van der Waals surface area contributed by atoms with E-state index in [2.05, 4.69) is 27.9 Å². The SMILES string of the molecule is O=C(O)c1cc([N+](=O)[O-])c(Nc2cccc(I)c2)cc1F. The Bertz CT molecular complexity index is 736. The number of hydrogen-bond acceptors (Lipinski definition) is 4. The van der Waals surface area contributed by atoms with Crippen molar-refractivity contribution in [3.8, 4) is 0 Å². The highest BCUT2D eigenvalue weighted by atomic mass is 127. The predicted molar refractivity (Wildman–Crippen MR) is 82.5 cm³/mol. The number of carboxylic acid groups (broad SMARTS) is 1. The number of hydrogen-bond donors (Lipinski definition) is 2. The molecule has 2 aromatic carbocycles. The van der Waals surface area contributed by atoms with Gasteiger partial charge < -0.3 is 10.4 Å². The van der Waals surface area contributed by atoms with Crippen molar-refractivity contribution in [2.24, 2.45) is 0 Å². The molecule has 0 aromatic heterocycles. The van der Waals surface area contributed by atoms with Crippen molar-refractivity contribution >= 4 is 45.6 Å². The van der Waals surface area contributed by atoms with Crippen LogP contribution in [0, 0.1) is 19.5 Å². The molecule has 108 valence electrons. The molecule has 0 aliphatic heterocycles. The molecule has 0 fully saturated rings. The summed E-state index contributed by atoms with van der Waals surface area (Å²) in [5.74, 6) is -2.60. The number of nitro groups is 1. The molecular weight excluding hydrogens is 394 g/mol. The first-order valence-electron chi connectivity index (χ1n) is 5.62. The van der Waals surface area contributed by atoms with Crippen LogP contribution in [0.25, 0.3) is 0 Å². The van der Waals surface area contributed by atoms with Gasteiger partial charge in [0.25, 0.3) is 5.69 Å². The van der Waals surface area contributed by atoms with Gasteiger partial charge in [0, 0.05) is 21.4 Å². The number of carbonyl (C=O) groups is 1. The second kappa shape index (κ2) is 6.04. The summed E-state index contributed by atoms with van der Waals surface area (Å²) in [7, 11) is 0. The maximum absolute atomic E-state index is 13.7. The van der Waals surface area contributed by atoms with E-state index in [1.54, 1.807) is 18.2 Å². The zero-order chi connectivity index (χ0) is 15.6. The average molecular weight is 402 g/mol. The van der Waals surface area contributed by atoms with Crippen LogP contribution in [0.5, 0.6) is 0 Å². The molecule has 8 heteroatoms. The predicted octanol–water partition coefficient (Wildman–Crippen LogP) is 3.78. The number of nitrogens with zero attached hydrogens (tertiary/aromatic N) is 1. The first kappa shape index (κ1) is 15.2. The molecule has 2 N–H and O–H groups in total. The first-order valence-corrected chi connectivity index (χ1v) is 6.70. The summed E-state index contributed by atoms with van der Waals surface area (Å²) in [5, 5.41) is 22.5. The van der Waals surface area contributed by atoms with Gasteiger partial charge in [-0.2, -0.15) is 0 Å². The van der Waals surface area contributed by atoms with Gasteiger partial charge in [0.15, 0.2) is 0 Å². The van der Waals surface area contributed by atoms with Crippen LogP contribution in [-0.2, 0) is 0 Å². The number of halogens is 2. The Kier molecular flexibility index (Phi) is 4.36. The normalized spacial score (nSPS) is 10.2. The van der Waals surface area contributed by atoms with Crippen molar-refractivity contribution in [1.29, 1.82) is 0 Å². The van der Waals surface area contributed by atoms with E-state index in [0.717, 1.165) is 9.64 Å². The van der Waals surface area contributed by atoms with Crippen LogP contribution in [-0.4, -0.2) is 16.0 Å². The highest BCUT2D eigenvalue weighted by molar-refractivity contribution is 14.1. The van der Waals surface area contributed by atoms with E-state index >= 15 is 0 Å². The fraction of sp³-hybridized carbons (Fsp3) is 0. The van der Waals surface area contributed by atoms with Crippen molar-refractivity contribution in [1.82, 2.24) is 0 Å². The van der Waals surface area contributed by atoms with Gasteiger partial charge in [0.05, 0.1) is 4.92 Å². The second-order valence-electron chi connectivity index (χ2n) is 4.05. The minimum atomic E-state index is -1.56. The average Bonchev–Trinajstić information content (AvgIpc) is 2.37. The summed E-state index contributed by atoms with van der Waals surface area (Å²) in [6.07, 6.45) is 0. The number of aromatic carboxylic acids is 1. The van der Waals surface area contributed by atoms with E-state index < -0.39 is 28.0 Å². The largest absolute Gasteiger partial charge is 0.478 e. The van der Waals surface area contributed by atoms with Gasteiger partial charge in [-0.05, 0) is 40.8 Å². The lowest BCUT2D eigenvalue weighted by molar-refractivity contribution is -0.384. The standard InChI is InChI=1S/C13H8FIN2O4/c14-10-6-11(16-8-3-1-2-7(15)4-8)12(17(20)21)5-9(10)13(18)19/h1-6,16H,(H,18,19). The number of benzene rings is 2. The Labute approximate surface area is 131 Å². The van der Waals surface area contributed by atoms with Gasteiger partial charge in [0.2, 0.25) is 0 Å². The lowest BCUT2D eigenvalue weighted by Gasteiger charge is -2.09. The highest BCUT2D eigenvalue weighted by Gasteiger charge is 2.22. The number of rotatable bonds is 4. The molecule has 0 aliphatic rings. The number of nitrogens with one attached hydrogen (secondary N) is 1. The molecule has 0 atom stereocenters. The number of carboxylic acids is 1. The summed E-state index contributed by atoms with van der Waals surface area (Å²) in [5.41, 5.74) is -0.820. The third-order valence-electron chi connectivity index (χ3n) is 2.62. The van der Waals surface area contributed by atoms with Crippen LogP contribution in [0.2, 0.25) is 0 Å². The molecule has 2 rings (SSSR count). The Balaban J connectivity index is 2.50. The van der Waals surface area contributed by atoms with Crippen LogP contribution in [0.1, 0.15) is 10.4 Å². The lowest BCUT2D eigenvalue weighted by atomic mass is 10.1. The van der Waals surface area contributed by atoms with E-state index in [-0.39, 0.29) is 5.69 Å². The van der Waals surface area contributed by atoms with Gasteiger partial charge in [-0.15, -0.1) is 0 Å². The monoisotopic (exact) mass is 402 g/mol. The van der Waals surface area contributed by atoms with Crippen LogP contribution in [0.3, 0.4) is 0 Å². The van der Waals surface area contributed by atoms with Crippen LogP contribution in [0.15, 0.2) is 36.4 Å². The summed E-state index contributed by atoms with van der Waals surface area (Å²) in [4.78, 5) is 21.1. The fourth-order valence-corrected chi connectivity index (χ4v) is 2.24. The summed E-state index contributed by atoms with van der Waals surface area (Å²) in [6, 6.07) is 8.45. The summed E-state index contributed by atoms with van der Waals surface area (Å²) in [6.45, 7) is 0. The third kappa shape index (κ3) is 3.45. The zero-order valence-corrected chi connectivity index (χ0v) is 12.5. The fourth-order valence-electron chi connectivity index (χ4n) is 1.70. The zero-order valence-electron chi connectivity index (χ0n) is 10.3. The minimum Gasteiger partial charge on any atom is -0.478 e. The third-order valence-corrected chi connectivity index (χ3v) is 3.29. The molecule has 6 nitrogen and oxygen atoms in total. The van der Waals surface area contributed by atoms with Gasteiger partial charge >= 0.3 is 5.97 Å². The molecule has 0 bridgehead atoms. The first-order chi connectivity index (χ1) is 9.88. The minimum absolute atomic E-state index is 0.107.